The zero-order valence-corrected chi connectivity index (χ0v) is 16.9. The Balaban J connectivity index is 1.29. The molecule has 0 bridgehead atoms. The lowest BCUT2D eigenvalue weighted by Crippen LogP contribution is -2.09. The van der Waals surface area contributed by atoms with Crippen LogP contribution in [-0.4, -0.2) is 15.6 Å². The van der Waals surface area contributed by atoms with Crippen LogP contribution in [0, 0.1) is 5.41 Å². The Morgan fingerprint density at radius 3 is 2.75 bits per heavy atom. The molecule has 0 atom stereocenters. The van der Waals surface area contributed by atoms with E-state index in [1.54, 1.807) is 0 Å². The van der Waals surface area contributed by atoms with Crippen LogP contribution in [0.15, 0.2) is 59.9 Å². The van der Waals surface area contributed by atoms with Gasteiger partial charge in [-0.3, -0.25) is 4.72 Å². The summed E-state index contributed by atoms with van der Waals surface area (Å²) in [7, 11) is 0. The average molecular weight is 412 g/mol. The highest BCUT2D eigenvalue weighted by Gasteiger charge is 2.23. The van der Waals surface area contributed by atoms with Gasteiger partial charge in [-0.25, -0.2) is 4.98 Å². The predicted octanol–water partition coefficient (Wildman–Crippen LogP) is 4.88. The van der Waals surface area contributed by atoms with Gasteiger partial charge in [0, 0.05) is 36.4 Å². The zero-order valence-electron chi connectivity index (χ0n) is 15.4. The maximum atomic E-state index is 7.58. The Hall–Kier alpha value is -2.28. The van der Waals surface area contributed by atoms with Gasteiger partial charge < -0.3 is 15.1 Å². The van der Waals surface area contributed by atoms with E-state index >= 15 is 0 Å². The summed E-state index contributed by atoms with van der Waals surface area (Å²) in [5, 5.41) is 11.6. The first-order valence-electron chi connectivity index (χ1n) is 9.27. The van der Waals surface area contributed by atoms with Gasteiger partial charge in [-0.15, -0.1) is 0 Å². The number of hydrogen-bond donors (Lipinski definition) is 3. The molecule has 1 saturated carbocycles. The van der Waals surface area contributed by atoms with Crippen LogP contribution in [0.5, 0.6) is 0 Å². The molecule has 3 aromatic rings. The number of allylic oxidation sites excluding steroid dienone is 1. The van der Waals surface area contributed by atoms with Crippen molar-refractivity contribution in [2.75, 3.05) is 0 Å². The van der Waals surface area contributed by atoms with E-state index < -0.39 is 0 Å². The second kappa shape index (κ2) is 8.82. The summed E-state index contributed by atoms with van der Waals surface area (Å²) < 4.78 is 5.36. The topological polar surface area (TPSA) is 65.2 Å². The maximum absolute atomic E-state index is 7.58. The summed E-state index contributed by atoms with van der Waals surface area (Å²) in [6, 6.07) is 12.0. The SMILES string of the molecule is N=C/C(=C\NCc1cn2cc(C3CC3)ccc2n1)SNCc1ccc(Cl)cc1. The highest BCUT2D eigenvalue weighted by Crippen LogP contribution is 2.39. The number of pyridine rings is 1. The normalized spacial score (nSPS) is 14.4. The van der Waals surface area contributed by atoms with Gasteiger partial charge in [0.1, 0.15) is 5.65 Å². The first-order valence-corrected chi connectivity index (χ1v) is 10.5. The van der Waals surface area contributed by atoms with E-state index in [0.717, 1.165) is 32.8 Å². The van der Waals surface area contributed by atoms with E-state index in [-0.39, 0.29) is 0 Å². The number of fused-ring (bicyclic) bond motifs is 1. The lowest BCUT2D eigenvalue weighted by Gasteiger charge is -2.05. The molecule has 28 heavy (non-hydrogen) atoms. The molecule has 1 aromatic carbocycles. The molecule has 4 rings (SSSR count). The highest BCUT2D eigenvalue weighted by molar-refractivity contribution is 8.02. The number of nitrogens with zero attached hydrogens (tertiary/aromatic N) is 2. The van der Waals surface area contributed by atoms with Crippen molar-refractivity contribution in [2.24, 2.45) is 0 Å². The van der Waals surface area contributed by atoms with Crippen LogP contribution in [0.2, 0.25) is 5.02 Å². The Kier molecular flexibility index (Phi) is 6.00. The summed E-state index contributed by atoms with van der Waals surface area (Å²) in [4.78, 5) is 5.45. The molecule has 3 N–H and O–H groups in total. The molecule has 0 unspecified atom stereocenters. The maximum Gasteiger partial charge on any atom is 0.137 e. The molecular formula is C21H22ClN5S. The van der Waals surface area contributed by atoms with Crippen LogP contribution in [0.3, 0.4) is 0 Å². The van der Waals surface area contributed by atoms with Gasteiger partial charge in [0.25, 0.3) is 0 Å². The van der Waals surface area contributed by atoms with Gasteiger partial charge >= 0.3 is 0 Å². The number of hydrogen-bond acceptors (Lipinski definition) is 5. The van der Waals surface area contributed by atoms with Crippen molar-refractivity contribution in [3.8, 4) is 0 Å². The molecule has 1 aliphatic rings. The number of nitrogens with one attached hydrogen (secondary N) is 3. The first kappa shape index (κ1) is 19.1. The van der Waals surface area contributed by atoms with E-state index in [9.17, 15) is 0 Å². The number of rotatable bonds is 9. The summed E-state index contributed by atoms with van der Waals surface area (Å²) in [5.74, 6) is 0.740. The fourth-order valence-corrected chi connectivity index (χ4v) is 3.70. The van der Waals surface area contributed by atoms with Gasteiger partial charge in [0.2, 0.25) is 0 Å². The summed E-state index contributed by atoms with van der Waals surface area (Å²) in [6.07, 6.45) is 10.0. The molecule has 7 heteroatoms. The molecule has 0 spiro atoms. The molecule has 0 radical (unpaired) electrons. The second-order valence-electron chi connectivity index (χ2n) is 6.86. The minimum Gasteiger partial charge on any atom is -0.384 e. The fourth-order valence-electron chi connectivity index (χ4n) is 2.97. The van der Waals surface area contributed by atoms with Crippen molar-refractivity contribution in [1.29, 1.82) is 5.41 Å². The van der Waals surface area contributed by atoms with Crippen LogP contribution in [0.25, 0.3) is 5.65 Å². The van der Waals surface area contributed by atoms with Crippen molar-refractivity contribution < 1.29 is 0 Å². The Bertz CT molecular complexity index is 992. The minimum absolute atomic E-state index is 0.621. The number of benzene rings is 1. The Labute approximate surface area is 173 Å². The monoisotopic (exact) mass is 411 g/mol. The van der Waals surface area contributed by atoms with E-state index in [0.29, 0.717) is 13.1 Å². The molecule has 2 aromatic heterocycles. The number of imidazole rings is 1. The van der Waals surface area contributed by atoms with Crippen molar-refractivity contribution in [1.82, 2.24) is 19.4 Å². The van der Waals surface area contributed by atoms with Gasteiger partial charge in [-0.1, -0.05) is 29.8 Å². The molecular weight excluding hydrogens is 390 g/mol. The Morgan fingerprint density at radius 2 is 2.00 bits per heavy atom. The van der Waals surface area contributed by atoms with Gasteiger partial charge in [0.15, 0.2) is 0 Å². The highest BCUT2D eigenvalue weighted by atomic mass is 35.5. The fraction of sp³-hybridized carbons (Fsp3) is 0.238. The van der Waals surface area contributed by atoms with Crippen molar-refractivity contribution >= 4 is 35.4 Å². The van der Waals surface area contributed by atoms with E-state index in [4.69, 9.17) is 17.0 Å². The molecule has 1 aliphatic carbocycles. The van der Waals surface area contributed by atoms with Crippen LogP contribution in [-0.2, 0) is 13.1 Å². The molecule has 2 heterocycles. The summed E-state index contributed by atoms with van der Waals surface area (Å²) in [5.41, 5.74) is 4.49. The minimum atomic E-state index is 0.621. The van der Waals surface area contributed by atoms with Crippen LogP contribution < -0.4 is 10.0 Å². The third kappa shape index (κ3) is 4.95. The molecule has 144 valence electrons. The summed E-state index contributed by atoms with van der Waals surface area (Å²) in [6.45, 7) is 1.32. The molecule has 5 nitrogen and oxygen atoms in total. The van der Waals surface area contributed by atoms with E-state index in [1.807, 2.05) is 30.5 Å². The third-order valence-electron chi connectivity index (χ3n) is 4.62. The van der Waals surface area contributed by atoms with Crippen LogP contribution in [0.4, 0.5) is 0 Å². The van der Waals surface area contributed by atoms with Gasteiger partial charge in [0.05, 0.1) is 17.1 Å². The molecule has 0 amide bonds. The third-order valence-corrected chi connectivity index (χ3v) is 5.63. The van der Waals surface area contributed by atoms with Crippen molar-refractivity contribution in [3.63, 3.8) is 0 Å². The average Bonchev–Trinajstić information content (AvgIpc) is 3.48. The Morgan fingerprint density at radius 1 is 1.18 bits per heavy atom. The number of halogens is 1. The molecule has 1 fully saturated rings. The second-order valence-corrected chi connectivity index (χ2v) is 8.26. The van der Waals surface area contributed by atoms with E-state index in [1.165, 1.54) is 36.6 Å². The van der Waals surface area contributed by atoms with Crippen molar-refractivity contribution in [3.05, 3.63) is 81.7 Å². The van der Waals surface area contributed by atoms with Gasteiger partial charge in [-0.05, 0) is 60.0 Å². The molecule has 0 saturated heterocycles. The first-order chi connectivity index (χ1) is 13.7. The lowest BCUT2D eigenvalue weighted by molar-refractivity contribution is 0.844. The zero-order chi connectivity index (χ0) is 19.3. The van der Waals surface area contributed by atoms with E-state index in [2.05, 4.69) is 43.9 Å². The molecule has 0 aliphatic heterocycles. The van der Waals surface area contributed by atoms with Crippen LogP contribution >= 0.6 is 23.5 Å². The lowest BCUT2D eigenvalue weighted by atomic mass is 10.2. The largest absolute Gasteiger partial charge is 0.384 e. The number of aromatic nitrogens is 2. The summed E-state index contributed by atoms with van der Waals surface area (Å²) >= 11 is 7.32. The quantitative estimate of drug-likeness (QED) is 0.346. The predicted molar refractivity (Wildman–Crippen MR) is 117 cm³/mol. The van der Waals surface area contributed by atoms with Crippen molar-refractivity contribution in [2.45, 2.75) is 31.8 Å². The van der Waals surface area contributed by atoms with Crippen LogP contribution in [0.1, 0.15) is 35.6 Å². The smallest absolute Gasteiger partial charge is 0.137 e. The van der Waals surface area contributed by atoms with Gasteiger partial charge in [-0.2, -0.15) is 0 Å². The standard InChI is InChI=1S/C21H22ClN5S/c22-18-6-1-15(2-7-18)10-25-28-20(9-23)12-24-11-19-14-27-13-17(16-3-4-16)5-8-21(27)26-19/h1-2,5-9,12-14,16,23-25H,3-4,10-11H2/b20-12+,23-9?.